The van der Waals surface area contributed by atoms with E-state index in [0.717, 1.165) is 5.56 Å². The number of nitrogens with one attached hydrogen (secondary N) is 1. The quantitative estimate of drug-likeness (QED) is 0.655. The number of rotatable bonds is 7. The number of ether oxygens (including phenoxy) is 2. The molecule has 9 heteroatoms. The number of hydrogen-bond donors (Lipinski definition) is 1. The molecular weight excluding hydrogens is 380 g/mol. The number of nitrogens with zero attached hydrogens (tertiary/aromatic N) is 3. The number of benzene rings is 1. The minimum Gasteiger partial charge on any atom is -0.493 e. The number of aryl methyl sites for hydroxylation is 3. The van der Waals surface area contributed by atoms with Gasteiger partial charge in [-0.2, -0.15) is 0 Å². The lowest BCUT2D eigenvalue weighted by Crippen LogP contribution is -2.30. The molecule has 0 saturated carbocycles. The van der Waals surface area contributed by atoms with Crippen LogP contribution in [-0.2, 0) is 13.0 Å². The summed E-state index contributed by atoms with van der Waals surface area (Å²) in [7, 11) is 3.16. The molecule has 0 spiro atoms. The highest BCUT2D eigenvalue weighted by molar-refractivity contribution is 7.13. The minimum absolute atomic E-state index is 0.102. The zero-order chi connectivity index (χ0) is 20.1. The first-order valence-corrected chi connectivity index (χ1v) is 9.40. The number of aromatic nitrogens is 3. The van der Waals surface area contributed by atoms with Gasteiger partial charge in [0.1, 0.15) is 11.1 Å². The molecule has 0 aliphatic rings. The van der Waals surface area contributed by atoms with Crippen molar-refractivity contribution >= 4 is 22.4 Å². The topological polar surface area (TPSA) is 95.3 Å². The van der Waals surface area contributed by atoms with Crippen molar-refractivity contribution in [2.75, 3.05) is 19.5 Å². The predicted molar refractivity (Wildman–Crippen MR) is 107 cm³/mol. The van der Waals surface area contributed by atoms with Gasteiger partial charge in [0.2, 0.25) is 5.13 Å². The lowest BCUT2D eigenvalue weighted by atomic mass is 10.1. The van der Waals surface area contributed by atoms with E-state index in [2.05, 4.69) is 15.5 Å². The van der Waals surface area contributed by atoms with Crippen LogP contribution in [0.3, 0.4) is 0 Å². The van der Waals surface area contributed by atoms with E-state index in [1.807, 2.05) is 18.2 Å². The number of carbonyl (C=O) groups excluding carboxylic acids is 1. The number of anilines is 1. The van der Waals surface area contributed by atoms with Crippen LogP contribution in [0.1, 0.15) is 21.5 Å². The molecule has 0 unspecified atom stereocenters. The molecule has 0 aliphatic carbocycles. The molecule has 28 heavy (non-hydrogen) atoms. The van der Waals surface area contributed by atoms with Crippen LogP contribution in [0.5, 0.6) is 11.5 Å². The third-order valence-electron chi connectivity index (χ3n) is 4.27. The first-order valence-electron chi connectivity index (χ1n) is 8.52. The van der Waals surface area contributed by atoms with Crippen molar-refractivity contribution in [2.24, 2.45) is 0 Å². The first kappa shape index (κ1) is 19.6. The number of hydrogen-bond acceptors (Lipinski definition) is 7. The number of methoxy groups -OCH3 is 2. The van der Waals surface area contributed by atoms with Crippen molar-refractivity contribution in [2.45, 2.75) is 19.9 Å². The van der Waals surface area contributed by atoms with Gasteiger partial charge in [0.15, 0.2) is 11.5 Å². The van der Waals surface area contributed by atoms with Gasteiger partial charge < -0.3 is 14.0 Å². The van der Waals surface area contributed by atoms with Gasteiger partial charge in [0.05, 0.1) is 14.2 Å². The molecule has 3 aromatic rings. The zero-order valence-corrected chi connectivity index (χ0v) is 16.6. The Morgan fingerprint density at radius 1 is 1.21 bits per heavy atom. The molecule has 0 atom stereocenters. The third kappa shape index (κ3) is 4.20. The van der Waals surface area contributed by atoms with E-state index in [9.17, 15) is 9.59 Å². The van der Waals surface area contributed by atoms with Gasteiger partial charge in [-0.05, 0) is 42.7 Å². The van der Waals surface area contributed by atoms with Crippen molar-refractivity contribution in [1.82, 2.24) is 14.8 Å². The lowest BCUT2D eigenvalue weighted by Gasteiger charge is -2.12. The van der Waals surface area contributed by atoms with Gasteiger partial charge >= 0.3 is 0 Å². The molecule has 2 aromatic heterocycles. The number of pyridine rings is 1. The largest absolute Gasteiger partial charge is 0.493 e. The average molecular weight is 400 g/mol. The molecule has 0 aliphatic heterocycles. The number of carbonyl (C=O) groups is 1. The normalized spacial score (nSPS) is 10.5. The second-order valence-corrected chi connectivity index (χ2v) is 6.84. The molecule has 1 aromatic carbocycles. The van der Waals surface area contributed by atoms with Gasteiger partial charge in [0.25, 0.3) is 11.5 Å². The smallest absolute Gasteiger partial charge is 0.263 e. The van der Waals surface area contributed by atoms with Crippen LogP contribution in [0.2, 0.25) is 0 Å². The van der Waals surface area contributed by atoms with Crippen LogP contribution >= 0.6 is 11.3 Å². The van der Waals surface area contributed by atoms with E-state index in [1.165, 1.54) is 21.4 Å². The summed E-state index contributed by atoms with van der Waals surface area (Å²) in [6.45, 7) is 2.16. The molecule has 3 rings (SSSR count). The van der Waals surface area contributed by atoms with Crippen LogP contribution < -0.4 is 20.3 Å². The summed E-state index contributed by atoms with van der Waals surface area (Å²) in [5.74, 6) is 0.794. The first-order chi connectivity index (χ1) is 13.5. The highest BCUT2D eigenvalue weighted by atomic mass is 32.1. The molecule has 8 nitrogen and oxygen atoms in total. The van der Waals surface area contributed by atoms with Gasteiger partial charge in [0, 0.05) is 12.7 Å². The second kappa shape index (κ2) is 8.66. The summed E-state index contributed by atoms with van der Waals surface area (Å²) in [5.41, 5.74) is 2.86. The molecule has 0 fully saturated rings. The Morgan fingerprint density at radius 3 is 2.68 bits per heavy atom. The summed E-state index contributed by atoms with van der Waals surface area (Å²) in [4.78, 5) is 25.3. The predicted octanol–water partition coefficient (Wildman–Crippen LogP) is 2.52. The average Bonchev–Trinajstić information content (AvgIpc) is 3.20. The van der Waals surface area contributed by atoms with E-state index in [4.69, 9.17) is 9.47 Å². The van der Waals surface area contributed by atoms with Crippen LogP contribution in [0.25, 0.3) is 0 Å². The highest BCUT2D eigenvalue weighted by Crippen LogP contribution is 2.27. The lowest BCUT2D eigenvalue weighted by molar-refractivity contribution is 0.102. The fourth-order valence-corrected chi connectivity index (χ4v) is 3.23. The molecule has 146 valence electrons. The maximum Gasteiger partial charge on any atom is 0.263 e. The Balaban J connectivity index is 1.80. The Morgan fingerprint density at radius 2 is 2.00 bits per heavy atom. The molecule has 0 bridgehead atoms. The van der Waals surface area contributed by atoms with Gasteiger partial charge in [-0.1, -0.05) is 17.4 Å². The molecule has 0 radical (unpaired) electrons. The molecule has 2 heterocycles. The standard InChI is InChI=1S/C19H20N4O4S/c1-12-6-8-23(9-7-13-4-5-14(26-2)15(10-13)27-3)18(25)16(12)17(24)21-19-22-20-11-28-19/h4-6,8,10-11H,7,9H2,1-3H3,(H,21,22,24). The summed E-state index contributed by atoms with van der Waals surface area (Å²) >= 11 is 1.19. The summed E-state index contributed by atoms with van der Waals surface area (Å²) in [6.07, 6.45) is 2.29. The summed E-state index contributed by atoms with van der Waals surface area (Å²) < 4.78 is 12.1. The molecular formula is C19H20N4O4S. The van der Waals surface area contributed by atoms with E-state index < -0.39 is 5.91 Å². The SMILES string of the molecule is COc1ccc(CCn2ccc(C)c(C(=O)Nc3nncs3)c2=O)cc1OC. The fraction of sp³-hybridized carbons (Fsp3) is 0.263. The maximum absolute atomic E-state index is 12.8. The third-order valence-corrected chi connectivity index (χ3v) is 4.88. The number of amides is 1. The Hall–Kier alpha value is -3.20. The Kier molecular flexibility index (Phi) is 6.05. The zero-order valence-electron chi connectivity index (χ0n) is 15.8. The second-order valence-electron chi connectivity index (χ2n) is 6.01. The molecule has 1 amide bonds. The van der Waals surface area contributed by atoms with Gasteiger partial charge in [-0.15, -0.1) is 10.2 Å². The van der Waals surface area contributed by atoms with Crippen molar-refractivity contribution in [3.8, 4) is 11.5 Å². The van der Waals surface area contributed by atoms with Crippen LogP contribution in [-0.4, -0.2) is 34.9 Å². The minimum atomic E-state index is -0.486. The maximum atomic E-state index is 12.8. The van der Waals surface area contributed by atoms with E-state index >= 15 is 0 Å². The Bertz CT molecular complexity index is 1030. The van der Waals surface area contributed by atoms with Crippen molar-refractivity contribution < 1.29 is 14.3 Å². The summed E-state index contributed by atoms with van der Waals surface area (Å²) in [6, 6.07) is 7.38. The van der Waals surface area contributed by atoms with E-state index in [0.29, 0.717) is 35.2 Å². The van der Waals surface area contributed by atoms with Gasteiger partial charge in [-0.25, -0.2) is 0 Å². The fourth-order valence-electron chi connectivity index (χ4n) is 2.79. The van der Waals surface area contributed by atoms with Crippen LogP contribution in [0.4, 0.5) is 5.13 Å². The van der Waals surface area contributed by atoms with Crippen molar-refractivity contribution in [3.63, 3.8) is 0 Å². The van der Waals surface area contributed by atoms with Gasteiger partial charge in [-0.3, -0.25) is 14.9 Å². The highest BCUT2D eigenvalue weighted by Gasteiger charge is 2.17. The molecule has 0 saturated heterocycles. The van der Waals surface area contributed by atoms with Crippen molar-refractivity contribution in [1.29, 1.82) is 0 Å². The van der Waals surface area contributed by atoms with Crippen molar-refractivity contribution in [3.05, 3.63) is 63.0 Å². The summed E-state index contributed by atoms with van der Waals surface area (Å²) in [5, 5.41) is 10.4. The Labute approximate surface area is 165 Å². The molecule has 1 N–H and O–H groups in total. The van der Waals surface area contributed by atoms with Crippen LogP contribution in [0.15, 0.2) is 40.8 Å². The van der Waals surface area contributed by atoms with E-state index in [1.54, 1.807) is 33.4 Å². The van der Waals surface area contributed by atoms with E-state index in [-0.39, 0.29) is 11.1 Å². The van der Waals surface area contributed by atoms with Crippen LogP contribution in [0, 0.1) is 6.92 Å². The monoisotopic (exact) mass is 400 g/mol.